The molecule has 0 saturated carbocycles. The van der Waals surface area contributed by atoms with Crippen LogP contribution in [0.5, 0.6) is 0 Å². The van der Waals surface area contributed by atoms with Crippen LogP contribution < -0.4 is 0 Å². The van der Waals surface area contributed by atoms with E-state index < -0.39 is 5.97 Å². The molecule has 1 N–H and O–H groups in total. The van der Waals surface area contributed by atoms with Crippen LogP contribution >= 0.6 is 0 Å². The summed E-state index contributed by atoms with van der Waals surface area (Å²) in [6, 6.07) is 9.61. The molecule has 0 unspecified atom stereocenters. The summed E-state index contributed by atoms with van der Waals surface area (Å²) in [6.45, 7) is 0. The molecule has 0 spiro atoms. The standard InChI is InChI=1S/C16H11NO2/c18-16(19)15-14-12(9-10-17-15)7-2-1-5-11-6-3-4-8-13(11)14/h3-4,6,8-10H,1,5H2,(H,18,19). The van der Waals surface area contributed by atoms with Crippen LogP contribution in [0.25, 0.3) is 11.1 Å². The van der Waals surface area contributed by atoms with Gasteiger partial charge in [0, 0.05) is 23.7 Å². The number of rotatable bonds is 1. The van der Waals surface area contributed by atoms with Crippen molar-refractivity contribution in [2.24, 2.45) is 0 Å². The Labute approximate surface area is 110 Å². The monoisotopic (exact) mass is 249 g/mol. The second-order valence-corrected chi connectivity index (χ2v) is 4.35. The SMILES string of the molecule is O=C(O)c1nccc2c1-c1ccccc1CCC#C2. The molecule has 0 radical (unpaired) electrons. The van der Waals surface area contributed by atoms with E-state index in [9.17, 15) is 9.90 Å². The van der Waals surface area contributed by atoms with Crippen LogP contribution in [-0.4, -0.2) is 16.1 Å². The largest absolute Gasteiger partial charge is 0.476 e. The van der Waals surface area contributed by atoms with Gasteiger partial charge >= 0.3 is 5.97 Å². The van der Waals surface area contributed by atoms with Crippen LogP contribution in [0.15, 0.2) is 36.5 Å². The lowest BCUT2D eigenvalue weighted by Crippen LogP contribution is -2.06. The van der Waals surface area contributed by atoms with Crippen molar-refractivity contribution in [3.8, 4) is 23.0 Å². The number of hydrogen-bond donors (Lipinski definition) is 1. The van der Waals surface area contributed by atoms with Crippen molar-refractivity contribution in [2.75, 3.05) is 0 Å². The molecular formula is C16H11NO2. The van der Waals surface area contributed by atoms with Gasteiger partial charge < -0.3 is 5.11 Å². The van der Waals surface area contributed by atoms with Gasteiger partial charge in [0.25, 0.3) is 0 Å². The number of aryl methyl sites for hydroxylation is 1. The van der Waals surface area contributed by atoms with E-state index in [0.29, 0.717) is 5.56 Å². The quantitative estimate of drug-likeness (QED) is 0.790. The van der Waals surface area contributed by atoms with Crippen molar-refractivity contribution in [3.63, 3.8) is 0 Å². The van der Waals surface area contributed by atoms with Crippen molar-refractivity contribution in [1.29, 1.82) is 0 Å². The Morgan fingerprint density at radius 2 is 2.11 bits per heavy atom. The molecule has 3 heteroatoms. The van der Waals surface area contributed by atoms with E-state index in [2.05, 4.69) is 16.8 Å². The summed E-state index contributed by atoms with van der Waals surface area (Å²) in [7, 11) is 0. The first-order chi connectivity index (χ1) is 9.27. The molecule has 1 aromatic carbocycles. The number of fused-ring (bicyclic) bond motifs is 3. The average Bonchev–Trinajstić information content (AvgIpc) is 2.41. The molecule has 0 amide bonds. The van der Waals surface area contributed by atoms with Crippen LogP contribution in [0.3, 0.4) is 0 Å². The molecule has 1 aliphatic carbocycles. The lowest BCUT2D eigenvalue weighted by atomic mass is 9.91. The fourth-order valence-corrected chi connectivity index (χ4v) is 2.34. The number of aromatic nitrogens is 1. The minimum absolute atomic E-state index is 0.0705. The molecule has 3 nitrogen and oxygen atoms in total. The third-order valence-electron chi connectivity index (χ3n) is 3.18. The van der Waals surface area contributed by atoms with E-state index >= 15 is 0 Å². The maximum Gasteiger partial charge on any atom is 0.355 e. The fourth-order valence-electron chi connectivity index (χ4n) is 2.34. The molecule has 0 atom stereocenters. The number of pyridine rings is 1. The molecule has 2 aromatic rings. The maximum atomic E-state index is 11.4. The zero-order valence-electron chi connectivity index (χ0n) is 10.2. The van der Waals surface area contributed by atoms with Crippen molar-refractivity contribution < 1.29 is 9.90 Å². The number of aromatic carboxylic acids is 1. The van der Waals surface area contributed by atoms with E-state index in [0.717, 1.165) is 29.5 Å². The highest BCUT2D eigenvalue weighted by molar-refractivity contribution is 5.96. The molecule has 3 rings (SSSR count). The molecule has 1 heterocycles. The van der Waals surface area contributed by atoms with Gasteiger partial charge in [-0.15, -0.1) is 0 Å². The average molecular weight is 249 g/mol. The first-order valence-electron chi connectivity index (χ1n) is 6.07. The summed E-state index contributed by atoms with van der Waals surface area (Å²) in [5.41, 5.74) is 3.49. The van der Waals surface area contributed by atoms with Gasteiger partial charge in [-0.1, -0.05) is 36.1 Å². The lowest BCUT2D eigenvalue weighted by Gasteiger charge is -2.14. The highest BCUT2D eigenvalue weighted by Gasteiger charge is 2.19. The van der Waals surface area contributed by atoms with Gasteiger partial charge in [0.05, 0.1) is 0 Å². The Kier molecular flexibility index (Phi) is 2.77. The van der Waals surface area contributed by atoms with E-state index in [4.69, 9.17) is 0 Å². The maximum absolute atomic E-state index is 11.4. The van der Waals surface area contributed by atoms with E-state index in [1.54, 1.807) is 6.07 Å². The molecular weight excluding hydrogens is 238 g/mol. The Morgan fingerprint density at radius 3 is 2.95 bits per heavy atom. The zero-order chi connectivity index (χ0) is 13.2. The van der Waals surface area contributed by atoms with Crippen LogP contribution in [-0.2, 0) is 6.42 Å². The summed E-state index contributed by atoms with van der Waals surface area (Å²) in [6.07, 6.45) is 3.11. The normalized spacial score (nSPS) is 12.2. The summed E-state index contributed by atoms with van der Waals surface area (Å²) in [4.78, 5) is 15.4. The Bertz CT molecular complexity index is 723. The molecule has 0 aliphatic heterocycles. The molecule has 19 heavy (non-hydrogen) atoms. The number of hydrogen-bond acceptors (Lipinski definition) is 2. The molecule has 1 aliphatic rings. The molecule has 0 bridgehead atoms. The Hall–Kier alpha value is -2.60. The number of benzene rings is 1. The van der Waals surface area contributed by atoms with Crippen LogP contribution in [0, 0.1) is 11.8 Å². The third kappa shape index (κ3) is 1.98. The minimum Gasteiger partial charge on any atom is -0.476 e. The molecule has 92 valence electrons. The van der Waals surface area contributed by atoms with Gasteiger partial charge in [-0.3, -0.25) is 0 Å². The fraction of sp³-hybridized carbons (Fsp3) is 0.125. The van der Waals surface area contributed by atoms with Gasteiger partial charge in [-0.2, -0.15) is 0 Å². The van der Waals surface area contributed by atoms with E-state index in [-0.39, 0.29) is 5.69 Å². The summed E-state index contributed by atoms with van der Waals surface area (Å²) in [5, 5.41) is 9.32. The topological polar surface area (TPSA) is 50.2 Å². The van der Waals surface area contributed by atoms with Crippen LogP contribution in [0.4, 0.5) is 0 Å². The number of carboxylic acid groups (broad SMARTS) is 1. The first-order valence-corrected chi connectivity index (χ1v) is 6.07. The second-order valence-electron chi connectivity index (χ2n) is 4.35. The number of carboxylic acids is 1. The summed E-state index contributed by atoms with van der Waals surface area (Å²) >= 11 is 0. The Balaban J connectivity index is 2.38. The highest BCUT2D eigenvalue weighted by atomic mass is 16.4. The third-order valence-corrected chi connectivity index (χ3v) is 3.18. The van der Waals surface area contributed by atoms with Crippen molar-refractivity contribution >= 4 is 5.97 Å². The van der Waals surface area contributed by atoms with Gasteiger partial charge in [-0.05, 0) is 23.6 Å². The summed E-state index contributed by atoms with van der Waals surface area (Å²) < 4.78 is 0. The molecule has 0 fully saturated rings. The van der Waals surface area contributed by atoms with Crippen LogP contribution in [0.1, 0.15) is 28.0 Å². The predicted molar refractivity (Wildman–Crippen MR) is 71.8 cm³/mol. The first kappa shape index (κ1) is 11.5. The lowest BCUT2D eigenvalue weighted by molar-refractivity contribution is 0.0691. The molecule has 0 saturated heterocycles. The van der Waals surface area contributed by atoms with Gasteiger partial charge in [0.15, 0.2) is 5.69 Å². The van der Waals surface area contributed by atoms with Crippen molar-refractivity contribution in [3.05, 3.63) is 53.3 Å². The van der Waals surface area contributed by atoms with E-state index in [1.807, 2.05) is 24.3 Å². The van der Waals surface area contributed by atoms with Gasteiger partial charge in [0.1, 0.15) is 0 Å². The molecule has 1 aromatic heterocycles. The zero-order valence-corrected chi connectivity index (χ0v) is 10.2. The number of nitrogens with zero attached hydrogens (tertiary/aromatic N) is 1. The van der Waals surface area contributed by atoms with E-state index in [1.165, 1.54) is 6.20 Å². The van der Waals surface area contributed by atoms with Gasteiger partial charge in [-0.25, -0.2) is 9.78 Å². The predicted octanol–water partition coefficient (Wildman–Crippen LogP) is 2.74. The second kappa shape index (κ2) is 4.58. The Morgan fingerprint density at radius 1 is 1.26 bits per heavy atom. The van der Waals surface area contributed by atoms with Crippen molar-refractivity contribution in [1.82, 2.24) is 4.98 Å². The van der Waals surface area contributed by atoms with Crippen molar-refractivity contribution in [2.45, 2.75) is 12.8 Å². The smallest absolute Gasteiger partial charge is 0.355 e. The minimum atomic E-state index is -1.02. The van der Waals surface area contributed by atoms with Crippen LogP contribution in [0.2, 0.25) is 0 Å². The highest BCUT2D eigenvalue weighted by Crippen LogP contribution is 2.31. The van der Waals surface area contributed by atoms with Gasteiger partial charge in [0.2, 0.25) is 0 Å². The number of carbonyl (C=O) groups is 1. The summed E-state index contributed by atoms with van der Waals surface area (Å²) in [5.74, 6) is 5.11.